The highest BCUT2D eigenvalue weighted by atomic mass is 32.2. The second-order valence-electron chi connectivity index (χ2n) is 3.74. The van der Waals surface area contributed by atoms with Crippen molar-refractivity contribution in [2.45, 2.75) is 25.0 Å². The first-order valence-electron chi connectivity index (χ1n) is 4.54. The van der Waals surface area contributed by atoms with Gasteiger partial charge in [-0.1, -0.05) is 6.92 Å². The van der Waals surface area contributed by atoms with Gasteiger partial charge in [-0.2, -0.15) is 4.31 Å². The number of hydrogen-bond acceptors (Lipinski definition) is 4. The molecule has 1 aliphatic heterocycles. The zero-order chi connectivity index (χ0) is 11.0. The van der Waals surface area contributed by atoms with Gasteiger partial charge >= 0.3 is 0 Å². The molecule has 0 aromatic heterocycles. The minimum atomic E-state index is -3.23. The molecule has 1 heterocycles. The van der Waals surface area contributed by atoms with Crippen LogP contribution in [0.25, 0.3) is 0 Å². The first-order valence-corrected chi connectivity index (χ1v) is 6.38. The minimum absolute atomic E-state index is 0.126. The van der Waals surface area contributed by atoms with E-state index in [1.165, 1.54) is 11.4 Å². The lowest BCUT2D eigenvalue weighted by Crippen LogP contribution is -2.42. The van der Waals surface area contributed by atoms with Crippen LogP contribution in [0.2, 0.25) is 0 Å². The van der Waals surface area contributed by atoms with Gasteiger partial charge in [-0.15, -0.1) is 0 Å². The molecule has 1 saturated heterocycles. The molecule has 0 saturated carbocycles. The van der Waals surface area contributed by atoms with E-state index >= 15 is 0 Å². The van der Waals surface area contributed by atoms with Gasteiger partial charge in [-0.3, -0.25) is 0 Å². The van der Waals surface area contributed by atoms with E-state index < -0.39 is 21.7 Å². The third kappa shape index (κ3) is 2.08. The average Bonchev–Trinajstić information content (AvgIpc) is 2.43. The summed E-state index contributed by atoms with van der Waals surface area (Å²) in [7, 11) is -1.75. The third-order valence-corrected chi connectivity index (χ3v) is 4.00. The predicted molar refractivity (Wildman–Crippen MR) is 52.5 cm³/mol. The lowest BCUT2D eigenvalue weighted by Gasteiger charge is -2.26. The molecule has 2 atom stereocenters. The van der Waals surface area contributed by atoms with E-state index in [4.69, 9.17) is 4.74 Å². The third-order valence-electron chi connectivity index (χ3n) is 2.78. The molecule has 1 N–H and O–H groups in total. The van der Waals surface area contributed by atoms with Crippen LogP contribution in [0.5, 0.6) is 0 Å². The first-order chi connectivity index (χ1) is 6.33. The van der Waals surface area contributed by atoms with E-state index in [9.17, 15) is 13.5 Å². The highest BCUT2D eigenvalue weighted by Crippen LogP contribution is 2.28. The van der Waals surface area contributed by atoms with Crippen LogP contribution in [-0.2, 0) is 14.8 Å². The van der Waals surface area contributed by atoms with Gasteiger partial charge in [0.25, 0.3) is 0 Å². The van der Waals surface area contributed by atoms with E-state index in [0.29, 0.717) is 6.42 Å². The van der Waals surface area contributed by atoms with Crippen molar-refractivity contribution < 1.29 is 18.3 Å². The molecule has 0 radical (unpaired) electrons. The van der Waals surface area contributed by atoms with Crippen molar-refractivity contribution in [3.63, 3.8) is 0 Å². The van der Waals surface area contributed by atoms with Gasteiger partial charge in [0.15, 0.2) is 0 Å². The fourth-order valence-corrected chi connectivity index (χ4v) is 2.58. The van der Waals surface area contributed by atoms with Crippen molar-refractivity contribution in [2.75, 3.05) is 26.5 Å². The zero-order valence-corrected chi connectivity index (χ0v) is 9.54. The maximum absolute atomic E-state index is 11.3. The maximum atomic E-state index is 11.3. The van der Waals surface area contributed by atoms with Crippen molar-refractivity contribution >= 4 is 10.0 Å². The van der Waals surface area contributed by atoms with E-state index in [1.54, 1.807) is 0 Å². The zero-order valence-electron chi connectivity index (χ0n) is 8.73. The average molecular weight is 223 g/mol. The van der Waals surface area contributed by atoms with Crippen LogP contribution >= 0.6 is 0 Å². The second-order valence-corrected chi connectivity index (χ2v) is 5.72. The normalized spacial score (nSPS) is 35.0. The summed E-state index contributed by atoms with van der Waals surface area (Å²) in [6.45, 7) is 2.18. The van der Waals surface area contributed by atoms with Crippen LogP contribution in [0.4, 0.5) is 0 Å². The Morgan fingerprint density at radius 3 is 2.50 bits per heavy atom. The van der Waals surface area contributed by atoms with E-state index in [-0.39, 0.29) is 13.1 Å². The standard InChI is InChI=1S/C8H17NO4S/c1-4-8(10)6-9(14(3,11)12)5-7(8)13-2/h7,10H,4-6H2,1-3H3/t7-,8-/m0/s1. The Morgan fingerprint density at radius 1 is 1.64 bits per heavy atom. The quantitative estimate of drug-likeness (QED) is 0.695. The fraction of sp³-hybridized carbons (Fsp3) is 1.00. The van der Waals surface area contributed by atoms with Crippen LogP contribution in [0.1, 0.15) is 13.3 Å². The Bertz CT molecular complexity index is 302. The Labute approximate surface area is 84.7 Å². The number of β-amino-alcohol motifs (C(OH)–C–C–N with tert-alkyl or cyclic N) is 1. The van der Waals surface area contributed by atoms with Crippen molar-refractivity contribution in [2.24, 2.45) is 0 Å². The number of nitrogens with zero attached hydrogens (tertiary/aromatic N) is 1. The lowest BCUT2D eigenvalue weighted by atomic mass is 9.97. The van der Waals surface area contributed by atoms with Crippen molar-refractivity contribution in [3.8, 4) is 0 Å². The van der Waals surface area contributed by atoms with Crippen LogP contribution in [-0.4, -0.2) is 56.0 Å². The summed E-state index contributed by atoms with van der Waals surface area (Å²) in [5.41, 5.74) is -1.04. The number of rotatable bonds is 3. The number of ether oxygens (including phenoxy) is 1. The molecule has 0 aliphatic carbocycles. The molecule has 0 aromatic rings. The van der Waals surface area contributed by atoms with Gasteiger partial charge in [0.1, 0.15) is 11.7 Å². The summed E-state index contributed by atoms with van der Waals surface area (Å²) in [6, 6.07) is 0. The van der Waals surface area contributed by atoms with Crippen LogP contribution < -0.4 is 0 Å². The van der Waals surface area contributed by atoms with Gasteiger partial charge < -0.3 is 9.84 Å². The molecule has 14 heavy (non-hydrogen) atoms. The van der Waals surface area contributed by atoms with Gasteiger partial charge in [-0.25, -0.2) is 8.42 Å². The lowest BCUT2D eigenvalue weighted by molar-refractivity contribution is -0.0622. The Hall–Kier alpha value is -0.170. The molecule has 0 amide bonds. The maximum Gasteiger partial charge on any atom is 0.211 e. The molecular formula is C8H17NO4S. The molecule has 0 spiro atoms. The highest BCUT2D eigenvalue weighted by molar-refractivity contribution is 7.88. The topological polar surface area (TPSA) is 66.8 Å². The van der Waals surface area contributed by atoms with Gasteiger partial charge in [0, 0.05) is 20.2 Å². The number of aliphatic hydroxyl groups is 1. The molecule has 1 aliphatic rings. The summed E-state index contributed by atoms with van der Waals surface area (Å²) in [5, 5.41) is 10.1. The molecule has 0 aromatic carbocycles. The van der Waals surface area contributed by atoms with Crippen LogP contribution in [0, 0.1) is 0 Å². The van der Waals surface area contributed by atoms with Crippen molar-refractivity contribution in [1.29, 1.82) is 0 Å². The number of sulfonamides is 1. The van der Waals surface area contributed by atoms with Crippen molar-refractivity contribution in [3.05, 3.63) is 0 Å². The second kappa shape index (κ2) is 3.77. The Balaban J connectivity index is 2.86. The monoisotopic (exact) mass is 223 g/mol. The largest absolute Gasteiger partial charge is 0.386 e. The molecule has 1 fully saturated rings. The molecular weight excluding hydrogens is 206 g/mol. The predicted octanol–water partition coefficient (Wildman–Crippen LogP) is -0.582. The van der Waals surface area contributed by atoms with E-state index in [0.717, 1.165) is 6.26 Å². The minimum Gasteiger partial charge on any atom is -0.386 e. The number of methoxy groups -OCH3 is 1. The summed E-state index contributed by atoms with van der Waals surface area (Å²) in [5.74, 6) is 0. The molecule has 1 rings (SSSR count). The molecule has 84 valence electrons. The van der Waals surface area contributed by atoms with Gasteiger partial charge in [0.05, 0.1) is 6.26 Å². The van der Waals surface area contributed by atoms with Crippen LogP contribution in [0.3, 0.4) is 0 Å². The Morgan fingerprint density at radius 2 is 2.21 bits per heavy atom. The first kappa shape index (κ1) is 11.9. The van der Waals surface area contributed by atoms with E-state index in [2.05, 4.69) is 0 Å². The smallest absolute Gasteiger partial charge is 0.211 e. The summed E-state index contributed by atoms with van der Waals surface area (Å²) >= 11 is 0. The molecule has 0 unspecified atom stereocenters. The van der Waals surface area contributed by atoms with Crippen LogP contribution in [0.15, 0.2) is 0 Å². The molecule has 0 bridgehead atoms. The summed E-state index contributed by atoms with van der Waals surface area (Å²) in [4.78, 5) is 0. The van der Waals surface area contributed by atoms with Gasteiger partial charge in [0.2, 0.25) is 10.0 Å². The fourth-order valence-electron chi connectivity index (χ4n) is 1.71. The summed E-state index contributed by atoms with van der Waals surface area (Å²) in [6.07, 6.45) is 1.20. The molecule has 6 heteroatoms. The highest BCUT2D eigenvalue weighted by Gasteiger charge is 2.47. The SMILES string of the molecule is CC[C@]1(O)CN(S(C)(=O)=O)C[C@@H]1OC. The van der Waals surface area contributed by atoms with Crippen molar-refractivity contribution in [1.82, 2.24) is 4.31 Å². The number of hydrogen-bond donors (Lipinski definition) is 1. The summed E-state index contributed by atoms with van der Waals surface area (Å²) < 4.78 is 28.9. The van der Waals surface area contributed by atoms with E-state index in [1.807, 2.05) is 6.92 Å². The van der Waals surface area contributed by atoms with Gasteiger partial charge in [-0.05, 0) is 6.42 Å². The molecule has 5 nitrogen and oxygen atoms in total. The Kier molecular flexibility index (Phi) is 3.20.